The molecule has 3 rings (SSSR count). The highest BCUT2D eigenvalue weighted by Gasteiger charge is 2.19. The van der Waals surface area contributed by atoms with Crippen LogP contribution in [0.1, 0.15) is 28.4 Å². The van der Waals surface area contributed by atoms with Gasteiger partial charge in [0.05, 0.1) is 12.8 Å². The van der Waals surface area contributed by atoms with Crippen LogP contribution >= 0.6 is 11.3 Å². The first-order valence-electron chi connectivity index (χ1n) is 5.87. The van der Waals surface area contributed by atoms with Gasteiger partial charge in [-0.25, -0.2) is 9.97 Å². The molecule has 6 heteroatoms. The van der Waals surface area contributed by atoms with Crippen LogP contribution < -0.4 is 0 Å². The summed E-state index contributed by atoms with van der Waals surface area (Å²) in [6.07, 6.45) is 4.18. The summed E-state index contributed by atoms with van der Waals surface area (Å²) >= 11 is 1.60. The van der Waals surface area contributed by atoms with Gasteiger partial charge < -0.3 is 14.1 Å². The van der Waals surface area contributed by atoms with Crippen molar-refractivity contribution < 1.29 is 9.52 Å². The van der Waals surface area contributed by atoms with E-state index in [2.05, 4.69) is 9.97 Å². The van der Waals surface area contributed by atoms with Crippen molar-refractivity contribution >= 4 is 11.3 Å². The summed E-state index contributed by atoms with van der Waals surface area (Å²) in [7, 11) is 0. The van der Waals surface area contributed by atoms with E-state index in [1.807, 2.05) is 23.1 Å². The van der Waals surface area contributed by atoms with Gasteiger partial charge in [-0.15, -0.1) is 11.3 Å². The van der Waals surface area contributed by atoms with Crippen molar-refractivity contribution in [1.29, 1.82) is 0 Å². The molecule has 3 aromatic rings. The monoisotopic (exact) mass is 275 g/mol. The Labute approximate surface area is 114 Å². The minimum Gasteiger partial charge on any atom is -0.466 e. The lowest BCUT2D eigenvalue weighted by Gasteiger charge is -2.10. The average Bonchev–Trinajstić information content (AvgIpc) is 3.10. The van der Waals surface area contributed by atoms with Crippen LogP contribution in [-0.4, -0.2) is 19.6 Å². The molecule has 0 aliphatic rings. The Balaban J connectivity index is 1.86. The van der Waals surface area contributed by atoms with Gasteiger partial charge in [-0.05, 0) is 19.1 Å². The smallest absolute Gasteiger partial charge is 0.169 e. The maximum atomic E-state index is 10.2. The molecule has 1 atom stereocenters. The molecule has 0 amide bonds. The van der Waals surface area contributed by atoms with Gasteiger partial charge >= 0.3 is 0 Å². The summed E-state index contributed by atoms with van der Waals surface area (Å²) < 4.78 is 7.09. The van der Waals surface area contributed by atoms with E-state index in [1.165, 1.54) is 6.26 Å². The minimum atomic E-state index is -0.856. The van der Waals surface area contributed by atoms with Crippen LogP contribution in [0.2, 0.25) is 0 Å². The average molecular weight is 275 g/mol. The molecule has 5 nitrogen and oxygen atoms in total. The van der Waals surface area contributed by atoms with Gasteiger partial charge in [-0.2, -0.15) is 0 Å². The number of aliphatic hydroxyl groups is 1. The Morgan fingerprint density at radius 2 is 2.42 bits per heavy atom. The zero-order valence-corrected chi connectivity index (χ0v) is 11.2. The second-order valence-corrected chi connectivity index (χ2v) is 5.16. The van der Waals surface area contributed by atoms with E-state index in [1.54, 1.807) is 29.7 Å². The van der Waals surface area contributed by atoms with Crippen molar-refractivity contribution in [2.24, 2.45) is 0 Å². The molecule has 0 saturated carbocycles. The maximum Gasteiger partial charge on any atom is 0.169 e. The van der Waals surface area contributed by atoms with Crippen LogP contribution in [0, 0.1) is 6.92 Å². The lowest BCUT2D eigenvalue weighted by molar-refractivity contribution is 0.176. The van der Waals surface area contributed by atoms with Crippen molar-refractivity contribution in [2.45, 2.75) is 19.6 Å². The third-order valence-corrected chi connectivity index (χ3v) is 3.73. The normalized spacial score (nSPS) is 12.7. The van der Waals surface area contributed by atoms with Gasteiger partial charge in [-0.1, -0.05) is 0 Å². The molecule has 19 heavy (non-hydrogen) atoms. The lowest BCUT2D eigenvalue weighted by atomic mass is 10.2. The molecule has 0 aromatic carbocycles. The summed E-state index contributed by atoms with van der Waals surface area (Å²) in [6, 6.07) is 3.48. The van der Waals surface area contributed by atoms with Gasteiger partial charge in [0.1, 0.15) is 16.6 Å². The number of aromatic nitrogens is 3. The van der Waals surface area contributed by atoms with E-state index >= 15 is 0 Å². The Morgan fingerprint density at radius 1 is 1.53 bits per heavy atom. The van der Waals surface area contributed by atoms with Crippen LogP contribution in [0.15, 0.2) is 40.6 Å². The number of hydrogen-bond acceptors (Lipinski definition) is 5. The van der Waals surface area contributed by atoms with Gasteiger partial charge in [0.15, 0.2) is 6.10 Å². The second-order valence-electron chi connectivity index (χ2n) is 4.21. The first-order valence-corrected chi connectivity index (χ1v) is 6.75. The van der Waals surface area contributed by atoms with E-state index in [0.717, 1.165) is 10.7 Å². The van der Waals surface area contributed by atoms with Gasteiger partial charge in [0, 0.05) is 23.5 Å². The number of aryl methyl sites for hydroxylation is 1. The number of rotatable bonds is 4. The van der Waals surface area contributed by atoms with Crippen molar-refractivity contribution in [2.75, 3.05) is 0 Å². The molecule has 0 aliphatic carbocycles. The highest BCUT2D eigenvalue weighted by atomic mass is 32.1. The lowest BCUT2D eigenvalue weighted by Crippen LogP contribution is -2.10. The predicted molar refractivity (Wildman–Crippen MR) is 70.9 cm³/mol. The third kappa shape index (κ3) is 2.45. The molecular formula is C13H13N3O2S. The highest BCUT2D eigenvalue weighted by Crippen LogP contribution is 2.22. The van der Waals surface area contributed by atoms with Crippen molar-refractivity contribution in [1.82, 2.24) is 14.5 Å². The van der Waals surface area contributed by atoms with Crippen molar-refractivity contribution in [3.63, 3.8) is 0 Å². The number of thiazole rings is 1. The fourth-order valence-corrected chi connectivity index (χ4v) is 2.67. The topological polar surface area (TPSA) is 64.1 Å². The van der Waals surface area contributed by atoms with Gasteiger partial charge in [0.25, 0.3) is 0 Å². The van der Waals surface area contributed by atoms with E-state index in [-0.39, 0.29) is 0 Å². The number of hydrogen-bond donors (Lipinski definition) is 1. The Morgan fingerprint density at radius 3 is 3.11 bits per heavy atom. The van der Waals surface area contributed by atoms with Crippen LogP contribution in [-0.2, 0) is 6.54 Å². The summed E-state index contributed by atoms with van der Waals surface area (Å²) in [5.41, 5.74) is 1.01. The van der Waals surface area contributed by atoms with Crippen LogP contribution in [0.5, 0.6) is 0 Å². The minimum absolute atomic E-state index is 0.489. The van der Waals surface area contributed by atoms with Gasteiger partial charge in [0.2, 0.25) is 0 Å². The third-order valence-electron chi connectivity index (χ3n) is 2.78. The number of furan rings is 1. The molecule has 3 aromatic heterocycles. The Kier molecular flexibility index (Phi) is 3.18. The standard InChI is InChI=1S/C13H13N3O2S/c1-9-8-19-11(15-9)7-16-5-4-14-13(16)12(17)10-3-2-6-18-10/h2-6,8,12,17H,7H2,1H3. The molecule has 1 unspecified atom stereocenters. The maximum absolute atomic E-state index is 10.2. The highest BCUT2D eigenvalue weighted by molar-refractivity contribution is 7.09. The molecule has 0 radical (unpaired) electrons. The Hall–Kier alpha value is -1.92. The van der Waals surface area contributed by atoms with E-state index < -0.39 is 6.10 Å². The molecule has 0 fully saturated rings. The molecule has 0 bridgehead atoms. The van der Waals surface area contributed by atoms with E-state index in [9.17, 15) is 5.11 Å². The second kappa shape index (κ2) is 4.99. The first kappa shape index (κ1) is 12.1. The Bertz CT molecular complexity index is 657. The zero-order chi connectivity index (χ0) is 13.2. The fraction of sp³-hybridized carbons (Fsp3) is 0.231. The summed E-state index contributed by atoms with van der Waals surface area (Å²) in [6.45, 7) is 2.57. The zero-order valence-electron chi connectivity index (χ0n) is 10.4. The summed E-state index contributed by atoms with van der Waals surface area (Å²) in [4.78, 5) is 8.62. The molecule has 0 aliphatic heterocycles. The van der Waals surface area contributed by atoms with Crippen LogP contribution in [0.25, 0.3) is 0 Å². The van der Waals surface area contributed by atoms with Crippen molar-refractivity contribution in [3.05, 3.63) is 58.5 Å². The first-order chi connectivity index (χ1) is 9.24. The molecule has 1 N–H and O–H groups in total. The SMILES string of the molecule is Cc1csc(Cn2ccnc2C(O)c2ccco2)n1. The quantitative estimate of drug-likeness (QED) is 0.794. The summed E-state index contributed by atoms with van der Waals surface area (Å²) in [5, 5.41) is 13.2. The fourth-order valence-electron chi connectivity index (χ4n) is 1.90. The molecule has 3 heterocycles. The van der Waals surface area contributed by atoms with Crippen molar-refractivity contribution in [3.8, 4) is 0 Å². The van der Waals surface area contributed by atoms with Crippen LogP contribution in [0.4, 0.5) is 0 Å². The summed E-state index contributed by atoms with van der Waals surface area (Å²) in [5.74, 6) is 1.05. The largest absolute Gasteiger partial charge is 0.466 e. The number of imidazole rings is 1. The molecular weight excluding hydrogens is 262 g/mol. The number of nitrogens with zero attached hydrogens (tertiary/aromatic N) is 3. The van der Waals surface area contributed by atoms with E-state index in [0.29, 0.717) is 18.1 Å². The van der Waals surface area contributed by atoms with Gasteiger partial charge in [-0.3, -0.25) is 0 Å². The molecule has 0 spiro atoms. The number of aliphatic hydroxyl groups excluding tert-OH is 1. The van der Waals surface area contributed by atoms with E-state index in [4.69, 9.17) is 4.42 Å². The van der Waals surface area contributed by atoms with Crippen LogP contribution in [0.3, 0.4) is 0 Å². The molecule has 98 valence electrons. The predicted octanol–water partition coefficient (Wildman–Crippen LogP) is 2.37. The molecule has 0 saturated heterocycles.